The number of nitrogens with one attached hydrogen (secondary N) is 1. The molecule has 104 valence electrons. The minimum Gasteiger partial charge on any atom is -0.316 e. The van der Waals surface area contributed by atoms with Gasteiger partial charge in [-0.2, -0.15) is 0 Å². The number of carbonyl (C=O) groups excluding carboxylic acids is 1. The van der Waals surface area contributed by atoms with E-state index in [0.717, 1.165) is 31.2 Å². The number of ketones is 1. The highest BCUT2D eigenvalue weighted by molar-refractivity contribution is 7.90. The van der Waals surface area contributed by atoms with Crippen molar-refractivity contribution in [2.45, 2.75) is 24.7 Å². The van der Waals surface area contributed by atoms with Crippen LogP contribution in [-0.4, -0.2) is 33.5 Å². The van der Waals surface area contributed by atoms with E-state index in [2.05, 4.69) is 5.32 Å². The first-order chi connectivity index (χ1) is 8.89. The van der Waals surface area contributed by atoms with Gasteiger partial charge in [-0.25, -0.2) is 8.42 Å². The third-order valence-electron chi connectivity index (χ3n) is 3.47. The highest BCUT2D eigenvalue weighted by atomic mass is 32.2. The van der Waals surface area contributed by atoms with Crippen LogP contribution in [0.4, 0.5) is 0 Å². The summed E-state index contributed by atoms with van der Waals surface area (Å²) in [6, 6.07) is 4.95. The van der Waals surface area contributed by atoms with Crippen LogP contribution in [0, 0.1) is 12.8 Å². The van der Waals surface area contributed by atoms with Gasteiger partial charge in [-0.1, -0.05) is 11.6 Å². The molecule has 0 aliphatic carbocycles. The molecule has 0 radical (unpaired) electrons. The molecule has 1 fully saturated rings. The van der Waals surface area contributed by atoms with Crippen molar-refractivity contribution in [3.8, 4) is 0 Å². The van der Waals surface area contributed by atoms with Crippen LogP contribution in [0.25, 0.3) is 0 Å². The number of rotatable bonds is 3. The van der Waals surface area contributed by atoms with Crippen molar-refractivity contribution in [3.05, 3.63) is 29.3 Å². The third kappa shape index (κ3) is 3.22. The first-order valence-electron chi connectivity index (χ1n) is 6.45. The highest BCUT2D eigenvalue weighted by Crippen LogP contribution is 2.23. The number of benzene rings is 1. The van der Waals surface area contributed by atoms with E-state index < -0.39 is 9.84 Å². The molecule has 1 atom stereocenters. The van der Waals surface area contributed by atoms with Crippen LogP contribution >= 0.6 is 0 Å². The maximum absolute atomic E-state index is 12.5. The molecule has 0 amide bonds. The van der Waals surface area contributed by atoms with E-state index in [0.29, 0.717) is 12.1 Å². The number of hydrogen-bond donors (Lipinski definition) is 1. The van der Waals surface area contributed by atoms with Crippen LogP contribution in [0.3, 0.4) is 0 Å². The smallest absolute Gasteiger partial charge is 0.176 e. The summed E-state index contributed by atoms with van der Waals surface area (Å²) in [6.07, 6.45) is 2.92. The minimum atomic E-state index is -3.38. The number of Topliss-reactive ketones (excluding diaryl/α,β-unsaturated/α-hetero) is 1. The van der Waals surface area contributed by atoms with Gasteiger partial charge in [0.25, 0.3) is 0 Å². The predicted molar refractivity (Wildman–Crippen MR) is 74.2 cm³/mol. The van der Waals surface area contributed by atoms with E-state index in [-0.39, 0.29) is 16.6 Å². The van der Waals surface area contributed by atoms with Crippen molar-refractivity contribution in [1.82, 2.24) is 5.32 Å². The normalized spacial score (nSPS) is 20.2. The Morgan fingerprint density at radius 3 is 2.68 bits per heavy atom. The second kappa shape index (κ2) is 5.43. The van der Waals surface area contributed by atoms with E-state index >= 15 is 0 Å². The summed E-state index contributed by atoms with van der Waals surface area (Å²) in [4.78, 5) is 12.7. The van der Waals surface area contributed by atoms with Gasteiger partial charge in [0.2, 0.25) is 0 Å². The van der Waals surface area contributed by atoms with Gasteiger partial charge in [0, 0.05) is 24.3 Å². The minimum absolute atomic E-state index is 0.0590. The number of aryl methyl sites for hydroxylation is 1. The lowest BCUT2D eigenvalue weighted by Gasteiger charge is -2.22. The summed E-state index contributed by atoms with van der Waals surface area (Å²) in [7, 11) is -3.38. The van der Waals surface area contributed by atoms with Gasteiger partial charge >= 0.3 is 0 Å². The lowest BCUT2D eigenvalue weighted by Crippen LogP contribution is -2.34. The standard InChI is InChI=1S/C14H19NO3S/c1-10-5-6-13(19(2,17)18)12(8-10)14(16)11-4-3-7-15-9-11/h5-6,8,11,15H,3-4,7,9H2,1-2H3. The van der Waals surface area contributed by atoms with Gasteiger partial charge in [0.05, 0.1) is 4.90 Å². The lowest BCUT2D eigenvalue weighted by atomic mass is 9.90. The van der Waals surface area contributed by atoms with Crippen molar-refractivity contribution in [2.75, 3.05) is 19.3 Å². The summed E-state index contributed by atoms with van der Waals surface area (Å²) in [5.74, 6) is -0.174. The van der Waals surface area contributed by atoms with Crippen LogP contribution in [0.5, 0.6) is 0 Å². The molecule has 0 aromatic heterocycles. The van der Waals surface area contributed by atoms with E-state index in [1.54, 1.807) is 12.1 Å². The average Bonchev–Trinajstić information content (AvgIpc) is 2.37. The van der Waals surface area contributed by atoms with Crippen LogP contribution in [0.2, 0.25) is 0 Å². The Bertz CT molecular complexity index is 587. The molecule has 1 saturated heterocycles. The Morgan fingerprint density at radius 1 is 1.37 bits per heavy atom. The highest BCUT2D eigenvalue weighted by Gasteiger charge is 2.26. The fourth-order valence-corrected chi connectivity index (χ4v) is 3.33. The molecule has 1 unspecified atom stereocenters. The Hall–Kier alpha value is -1.20. The molecule has 19 heavy (non-hydrogen) atoms. The van der Waals surface area contributed by atoms with E-state index in [4.69, 9.17) is 0 Å². The number of hydrogen-bond acceptors (Lipinski definition) is 4. The number of sulfone groups is 1. The van der Waals surface area contributed by atoms with Gasteiger partial charge < -0.3 is 5.32 Å². The number of piperidine rings is 1. The molecule has 1 heterocycles. The molecular weight excluding hydrogens is 262 g/mol. The summed E-state index contributed by atoms with van der Waals surface area (Å²) in [6.45, 7) is 3.43. The molecule has 1 aliphatic rings. The first kappa shape index (κ1) is 14.2. The Kier molecular flexibility index (Phi) is 4.06. The van der Waals surface area contributed by atoms with Crippen LogP contribution < -0.4 is 5.32 Å². The van der Waals surface area contributed by atoms with Crippen molar-refractivity contribution in [3.63, 3.8) is 0 Å². The lowest BCUT2D eigenvalue weighted by molar-refractivity contribution is 0.0896. The fraction of sp³-hybridized carbons (Fsp3) is 0.500. The van der Waals surface area contributed by atoms with Crippen molar-refractivity contribution in [2.24, 2.45) is 5.92 Å². The second-order valence-corrected chi connectivity index (χ2v) is 7.16. The maximum Gasteiger partial charge on any atom is 0.176 e. The Morgan fingerprint density at radius 2 is 2.11 bits per heavy atom. The molecule has 1 aromatic rings. The molecule has 1 aliphatic heterocycles. The molecule has 2 rings (SSSR count). The monoisotopic (exact) mass is 281 g/mol. The van der Waals surface area contributed by atoms with Crippen molar-refractivity contribution < 1.29 is 13.2 Å². The maximum atomic E-state index is 12.5. The quantitative estimate of drug-likeness (QED) is 0.854. The van der Waals surface area contributed by atoms with Gasteiger partial charge in [-0.3, -0.25) is 4.79 Å². The summed E-state index contributed by atoms with van der Waals surface area (Å²) < 4.78 is 23.6. The van der Waals surface area contributed by atoms with Gasteiger partial charge in [-0.05, 0) is 38.4 Å². The zero-order valence-electron chi connectivity index (χ0n) is 11.3. The predicted octanol–water partition coefficient (Wildman–Crippen LogP) is 1.58. The molecule has 5 heteroatoms. The SMILES string of the molecule is Cc1ccc(S(C)(=O)=O)c(C(=O)C2CCCNC2)c1. The molecule has 0 spiro atoms. The van der Waals surface area contributed by atoms with E-state index in [1.807, 2.05) is 6.92 Å². The molecule has 4 nitrogen and oxygen atoms in total. The summed E-state index contributed by atoms with van der Waals surface area (Å²) in [5.41, 5.74) is 1.25. The summed E-state index contributed by atoms with van der Waals surface area (Å²) in [5, 5.41) is 3.19. The van der Waals surface area contributed by atoms with Crippen molar-refractivity contribution in [1.29, 1.82) is 0 Å². The first-order valence-corrected chi connectivity index (χ1v) is 8.34. The van der Waals surface area contributed by atoms with Gasteiger partial charge in [0.1, 0.15) is 0 Å². The van der Waals surface area contributed by atoms with Gasteiger partial charge in [0.15, 0.2) is 15.6 Å². The van der Waals surface area contributed by atoms with Crippen molar-refractivity contribution >= 4 is 15.6 Å². The molecule has 1 aromatic carbocycles. The second-order valence-electron chi connectivity index (χ2n) is 5.18. The van der Waals surface area contributed by atoms with Crippen LogP contribution in [0.15, 0.2) is 23.1 Å². The van der Waals surface area contributed by atoms with E-state index in [9.17, 15) is 13.2 Å². The van der Waals surface area contributed by atoms with Crippen LogP contribution in [0.1, 0.15) is 28.8 Å². The Balaban J connectivity index is 2.42. The fourth-order valence-electron chi connectivity index (χ4n) is 2.46. The number of carbonyl (C=O) groups is 1. The van der Waals surface area contributed by atoms with E-state index in [1.165, 1.54) is 6.07 Å². The average molecular weight is 281 g/mol. The molecule has 0 bridgehead atoms. The summed E-state index contributed by atoms with van der Waals surface area (Å²) >= 11 is 0. The molecule has 0 saturated carbocycles. The van der Waals surface area contributed by atoms with Crippen LogP contribution in [-0.2, 0) is 9.84 Å². The third-order valence-corrected chi connectivity index (χ3v) is 4.62. The topological polar surface area (TPSA) is 63.2 Å². The van der Waals surface area contributed by atoms with Gasteiger partial charge in [-0.15, -0.1) is 0 Å². The zero-order chi connectivity index (χ0) is 14.0. The largest absolute Gasteiger partial charge is 0.316 e. The molecule has 1 N–H and O–H groups in total. The molecular formula is C14H19NO3S. The Labute approximate surface area is 114 Å². The zero-order valence-corrected chi connectivity index (χ0v) is 12.1.